The van der Waals surface area contributed by atoms with Crippen LogP contribution in [-0.4, -0.2) is 56.4 Å². The zero-order valence-electron chi connectivity index (χ0n) is 11.2. The van der Waals surface area contributed by atoms with Crippen molar-refractivity contribution in [1.82, 2.24) is 15.5 Å². The minimum absolute atomic E-state index is 0.0810. The summed E-state index contributed by atoms with van der Waals surface area (Å²) in [4.78, 5) is 13.8. The van der Waals surface area contributed by atoms with Crippen LogP contribution in [0.5, 0.6) is 0 Å². The SMILES string of the molecule is COCCN(CCNC(=O)NC(C)C)C1CC1. The predicted molar refractivity (Wildman–Crippen MR) is 68.1 cm³/mol. The molecule has 5 heteroatoms. The summed E-state index contributed by atoms with van der Waals surface area (Å²) in [5.74, 6) is 0. The van der Waals surface area contributed by atoms with Crippen LogP contribution in [0.4, 0.5) is 4.79 Å². The first-order valence-electron chi connectivity index (χ1n) is 6.41. The Morgan fingerprint density at radius 3 is 2.65 bits per heavy atom. The summed E-state index contributed by atoms with van der Waals surface area (Å²) in [6.07, 6.45) is 2.56. The minimum Gasteiger partial charge on any atom is -0.383 e. The molecule has 1 fully saturated rings. The van der Waals surface area contributed by atoms with Crippen LogP contribution in [-0.2, 0) is 4.74 Å². The van der Waals surface area contributed by atoms with E-state index >= 15 is 0 Å². The average Bonchev–Trinajstić information content (AvgIpc) is 3.05. The van der Waals surface area contributed by atoms with E-state index in [4.69, 9.17) is 4.74 Å². The first kappa shape index (κ1) is 14.3. The molecular weight excluding hydrogens is 218 g/mol. The van der Waals surface area contributed by atoms with E-state index in [9.17, 15) is 4.79 Å². The Bertz CT molecular complexity index is 230. The van der Waals surface area contributed by atoms with Crippen LogP contribution >= 0.6 is 0 Å². The highest BCUT2D eigenvalue weighted by Gasteiger charge is 2.28. The molecule has 0 aromatic carbocycles. The molecule has 1 aliphatic rings. The zero-order valence-corrected chi connectivity index (χ0v) is 11.2. The van der Waals surface area contributed by atoms with E-state index in [1.54, 1.807) is 7.11 Å². The van der Waals surface area contributed by atoms with Gasteiger partial charge in [0.25, 0.3) is 0 Å². The maximum absolute atomic E-state index is 11.4. The number of carbonyl (C=O) groups is 1. The van der Waals surface area contributed by atoms with Crippen LogP contribution in [0.1, 0.15) is 26.7 Å². The lowest BCUT2D eigenvalue weighted by Gasteiger charge is -2.21. The fourth-order valence-electron chi connectivity index (χ4n) is 1.75. The third-order valence-electron chi connectivity index (χ3n) is 2.75. The minimum atomic E-state index is -0.0810. The summed E-state index contributed by atoms with van der Waals surface area (Å²) in [6.45, 7) is 7.21. The molecule has 1 aliphatic carbocycles. The monoisotopic (exact) mass is 243 g/mol. The molecule has 0 atom stereocenters. The molecule has 0 unspecified atom stereocenters. The number of ether oxygens (including phenoxy) is 1. The Labute approximate surface area is 104 Å². The van der Waals surface area contributed by atoms with Gasteiger partial charge in [0, 0.05) is 38.8 Å². The van der Waals surface area contributed by atoms with Crippen molar-refractivity contribution in [3.8, 4) is 0 Å². The quantitative estimate of drug-likeness (QED) is 0.663. The van der Waals surface area contributed by atoms with E-state index in [1.807, 2.05) is 13.8 Å². The summed E-state index contributed by atoms with van der Waals surface area (Å²) in [6, 6.07) is 0.811. The highest BCUT2D eigenvalue weighted by atomic mass is 16.5. The average molecular weight is 243 g/mol. The van der Waals surface area contributed by atoms with Crippen LogP contribution in [0.2, 0.25) is 0 Å². The molecule has 0 aliphatic heterocycles. The number of nitrogens with zero attached hydrogens (tertiary/aromatic N) is 1. The molecule has 1 saturated carbocycles. The summed E-state index contributed by atoms with van der Waals surface area (Å²) in [5, 5.41) is 5.68. The highest BCUT2D eigenvalue weighted by molar-refractivity contribution is 5.74. The Morgan fingerprint density at radius 1 is 1.41 bits per heavy atom. The molecule has 0 saturated heterocycles. The number of amides is 2. The van der Waals surface area contributed by atoms with Gasteiger partial charge in [0.2, 0.25) is 0 Å². The first-order valence-corrected chi connectivity index (χ1v) is 6.41. The van der Waals surface area contributed by atoms with Crippen molar-refractivity contribution in [2.24, 2.45) is 0 Å². The third kappa shape index (κ3) is 6.48. The van der Waals surface area contributed by atoms with Crippen LogP contribution in [0.25, 0.3) is 0 Å². The van der Waals surface area contributed by atoms with Gasteiger partial charge < -0.3 is 15.4 Å². The van der Waals surface area contributed by atoms with Crippen molar-refractivity contribution in [3.63, 3.8) is 0 Å². The van der Waals surface area contributed by atoms with Crippen molar-refractivity contribution < 1.29 is 9.53 Å². The molecule has 1 rings (SSSR count). The predicted octanol–water partition coefficient (Wildman–Crippen LogP) is 0.805. The number of hydrogen-bond acceptors (Lipinski definition) is 3. The Morgan fingerprint density at radius 2 is 2.12 bits per heavy atom. The van der Waals surface area contributed by atoms with Crippen LogP contribution < -0.4 is 10.6 Å². The Balaban J connectivity index is 2.11. The van der Waals surface area contributed by atoms with Crippen molar-refractivity contribution in [3.05, 3.63) is 0 Å². The molecule has 0 aromatic heterocycles. The van der Waals surface area contributed by atoms with E-state index in [-0.39, 0.29) is 12.1 Å². The van der Waals surface area contributed by atoms with Gasteiger partial charge in [-0.25, -0.2) is 4.79 Å². The van der Waals surface area contributed by atoms with Crippen molar-refractivity contribution in [2.45, 2.75) is 38.8 Å². The molecule has 2 amide bonds. The molecule has 0 spiro atoms. The van der Waals surface area contributed by atoms with E-state index in [0.29, 0.717) is 12.6 Å². The molecular formula is C12H25N3O2. The fraction of sp³-hybridized carbons (Fsp3) is 0.917. The number of hydrogen-bond donors (Lipinski definition) is 2. The zero-order chi connectivity index (χ0) is 12.7. The number of carbonyl (C=O) groups excluding carboxylic acids is 1. The van der Waals surface area contributed by atoms with Gasteiger partial charge in [0.15, 0.2) is 0 Å². The van der Waals surface area contributed by atoms with Crippen LogP contribution in [0, 0.1) is 0 Å². The van der Waals surface area contributed by atoms with Gasteiger partial charge in [0.1, 0.15) is 0 Å². The van der Waals surface area contributed by atoms with E-state index in [1.165, 1.54) is 12.8 Å². The second kappa shape index (κ2) is 7.50. The Kier molecular flexibility index (Phi) is 6.29. The molecule has 5 nitrogen and oxygen atoms in total. The molecule has 0 heterocycles. The molecule has 0 radical (unpaired) electrons. The molecule has 0 aromatic rings. The van der Waals surface area contributed by atoms with E-state index in [0.717, 1.165) is 19.7 Å². The smallest absolute Gasteiger partial charge is 0.315 e. The summed E-state index contributed by atoms with van der Waals surface area (Å²) < 4.78 is 5.09. The van der Waals surface area contributed by atoms with Gasteiger partial charge >= 0.3 is 6.03 Å². The lowest BCUT2D eigenvalue weighted by Crippen LogP contribution is -2.43. The third-order valence-corrected chi connectivity index (χ3v) is 2.75. The summed E-state index contributed by atoms with van der Waals surface area (Å²) in [5.41, 5.74) is 0. The van der Waals surface area contributed by atoms with Crippen molar-refractivity contribution in [2.75, 3.05) is 33.4 Å². The number of rotatable bonds is 8. The largest absolute Gasteiger partial charge is 0.383 e. The number of urea groups is 1. The second-order valence-electron chi connectivity index (χ2n) is 4.81. The van der Waals surface area contributed by atoms with Crippen LogP contribution in [0.3, 0.4) is 0 Å². The fourth-order valence-corrected chi connectivity index (χ4v) is 1.75. The van der Waals surface area contributed by atoms with Gasteiger partial charge in [-0.15, -0.1) is 0 Å². The Hall–Kier alpha value is -0.810. The molecule has 100 valence electrons. The lowest BCUT2D eigenvalue weighted by atomic mass is 10.4. The maximum atomic E-state index is 11.4. The van der Waals surface area contributed by atoms with Gasteiger partial charge in [0.05, 0.1) is 6.61 Å². The second-order valence-corrected chi connectivity index (χ2v) is 4.81. The molecule has 0 bridgehead atoms. The standard InChI is InChI=1S/C12H25N3O2/c1-10(2)14-12(16)13-6-7-15(8-9-17-3)11-4-5-11/h10-11H,4-9H2,1-3H3,(H2,13,14,16). The van der Waals surface area contributed by atoms with E-state index in [2.05, 4.69) is 15.5 Å². The molecule has 2 N–H and O–H groups in total. The van der Waals surface area contributed by atoms with Crippen molar-refractivity contribution in [1.29, 1.82) is 0 Å². The maximum Gasteiger partial charge on any atom is 0.315 e. The van der Waals surface area contributed by atoms with Gasteiger partial charge in [-0.05, 0) is 26.7 Å². The lowest BCUT2D eigenvalue weighted by molar-refractivity contribution is 0.144. The van der Waals surface area contributed by atoms with Gasteiger partial charge in [-0.1, -0.05) is 0 Å². The van der Waals surface area contributed by atoms with Gasteiger partial charge in [-0.3, -0.25) is 4.90 Å². The topological polar surface area (TPSA) is 53.6 Å². The number of methoxy groups -OCH3 is 1. The van der Waals surface area contributed by atoms with Gasteiger partial charge in [-0.2, -0.15) is 0 Å². The first-order chi connectivity index (χ1) is 8.13. The normalized spacial score (nSPS) is 15.4. The summed E-state index contributed by atoms with van der Waals surface area (Å²) in [7, 11) is 1.72. The van der Waals surface area contributed by atoms with E-state index < -0.39 is 0 Å². The van der Waals surface area contributed by atoms with Crippen molar-refractivity contribution >= 4 is 6.03 Å². The highest BCUT2D eigenvalue weighted by Crippen LogP contribution is 2.25. The van der Waals surface area contributed by atoms with Crippen LogP contribution in [0.15, 0.2) is 0 Å². The molecule has 17 heavy (non-hydrogen) atoms. The summed E-state index contributed by atoms with van der Waals surface area (Å²) >= 11 is 0. The number of nitrogens with one attached hydrogen (secondary N) is 2.